The minimum Gasteiger partial charge on any atom is -0.389 e. The van der Waals surface area contributed by atoms with E-state index in [2.05, 4.69) is 20.8 Å². The molecule has 0 aliphatic carbocycles. The summed E-state index contributed by atoms with van der Waals surface area (Å²) in [6.07, 6.45) is 1.14. The summed E-state index contributed by atoms with van der Waals surface area (Å²) >= 11 is 0. The van der Waals surface area contributed by atoms with E-state index in [1.807, 2.05) is 31.2 Å². The number of hydrogen-bond donors (Lipinski definition) is 1. The Bertz CT molecular complexity index is 458. The van der Waals surface area contributed by atoms with Crippen LogP contribution in [0, 0.1) is 18.8 Å². The van der Waals surface area contributed by atoms with Gasteiger partial charge < -0.3 is 5.11 Å². The molecule has 1 rings (SSSR count). The fraction of sp³-hybridized carbons (Fsp3) is 0.500. The van der Waals surface area contributed by atoms with Crippen molar-refractivity contribution < 1.29 is 9.32 Å². The molecule has 0 unspecified atom stereocenters. The third-order valence-corrected chi connectivity index (χ3v) is 4.94. The molecule has 2 nitrogen and oxygen atoms in total. The fourth-order valence-corrected chi connectivity index (χ4v) is 3.33. The fourth-order valence-electron chi connectivity index (χ4n) is 1.75. The summed E-state index contributed by atoms with van der Waals surface area (Å²) in [5.41, 5.74) is 1.15. The lowest BCUT2D eigenvalue weighted by atomic mass is 9.97. The summed E-state index contributed by atoms with van der Waals surface area (Å²) in [5.74, 6) is 0.566. The van der Waals surface area contributed by atoms with E-state index in [-0.39, 0.29) is 5.92 Å². The Hall–Kier alpha value is -0.930. The minimum absolute atomic E-state index is 0.178. The van der Waals surface area contributed by atoms with Crippen LogP contribution in [-0.2, 0) is 10.8 Å². The molecule has 0 aliphatic rings. The highest BCUT2D eigenvalue weighted by molar-refractivity contribution is 7.89. The quantitative estimate of drug-likeness (QED) is 0.893. The van der Waals surface area contributed by atoms with Crippen LogP contribution in [0.5, 0.6) is 0 Å². The number of aliphatic hydroxyl groups is 1. The van der Waals surface area contributed by atoms with E-state index in [0.717, 1.165) is 15.4 Å². The van der Waals surface area contributed by atoms with Crippen molar-refractivity contribution in [3.63, 3.8) is 0 Å². The molecule has 0 aromatic heterocycles. The Balaban J connectivity index is 3.11. The van der Waals surface area contributed by atoms with Crippen LogP contribution in [0.4, 0.5) is 0 Å². The largest absolute Gasteiger partial charge is 0.389 e. The van der Waals surface area contributed by atoms with Crippen LogP contribution in [0.25, 0.3) is 0 Å². The summed E-state index contributed by atoms with van der Waals surface area (Å²) < 4.78 is 12.7. The number of rotatable bonds is 5. The Labute approximate surface area is 119 Å². The van der Waals surface area contributed by atoms with Gasteiger partial charge in [-0.25, -0.2) is 4.21 Å². The van der Waals surface area contributed by atoms with Crippen molar-refractivity contribution in [2.45, 2.75) is 45.6 Å². The lowest BCUT2D eigenvalue weighted by Crippen LogP contribution is -2.14. The van der Waals surface area contributed by atoms with Crippen molar-refractivity contribution in [2.24, 2.45) is 11.8 Å². The average molecular weight is 280 g/mol. The molecule has 0 aliphatic heterocycles. The van der Waals surface area contributed by atoms with Crippen molar-refractivity contribution in [1.29, 1.82) is 0 Å². The van der Waals surface area contributed by atoms with E-state index < -0.39 is 16.9 Å². The molecule has 0 bridgehead atoms. The van der Waals surface area contributed by atoms with E-state index >= 15 is 0 Å². The molecule has 3 heteroatoms. The number of benzene rings is 1. The second kappa shape index (κ2) is 7.01. The zero-order valence-corrected chi connectivity index (χ0v) is 13.2. The second-order valence-corrected chi connectivity index (χ2v) is 6.90. The number of hydrogen-bond acceptors (Lipinski definition) is 2. The summed E-state index contributed by atoms with van der Waals surface area (Å²) in [6, 6.07) is 7.73. The van der Waals surface area contributed by atoms with E-state index in [9.17, 15) is 9.32 Å². The predicted molar refractivity (Wildman–Crippen MR) is 81.4 cm³/mol. The molecule has 1 aromatic carbocycles. The summed E-state index contributed by atoms with van der Waals surface area (Å²) in [5, 5.41) is 9.58. The molecular formula is C16H24O2S. The average Bonchev–Trinajstić information content (AvgIpc) is 2.35. The highest BCUT2D eigenvalue weighted by Gasteiger charge is 2.20. The number of allylic oxidation sites excluding steroid dienone is 1. The third kappa shape index (κ3) is 4.59. The molecule has 0 heterocycles. The van der Waals surface area contributed by atoms with Gasteiger partial charge >= 0.3 is 0 Å². The van der Waals surface area contributed by atoms with Crippen LogP contribution in [-0.4, -0.2) is 15.4 Å². The van der Waals surface area contributed by atoms with Crippen LogP contribution in [0.1, 0.15) is 33.3 Å². The summed E-state index contributed by atoms with van der Waals surface area (Å²) in [7, 11) is -1.20. The number of aryl methyl sites for hydroxylation is 1. The smallest absolute Gasteiger partial charge is 0.0808 e. The molecule has 19 heavy (non-hydrogen) atoms. The van der Waals surface area contributed by atoms with Gasteiger partial charge in [-0.05, 0) is 43.9 Å². The Morgan fingerprint density at radius 3 is 2.11 bits per heavy atom. The van der Waals surface area contributed by atoms with Gasteiger partial charge in [0.25, 0.3) is 0 Å². The van der Waals surface area contributed by atoms with Gasteiger partial charge in [0.1, 0.15) is 0 Å². The van der Waals surface area contributed by atoms with Crippen molar-refractivity contribution in [3.05, 3.63) is 40.8 Å². The maximum atomic E-state index is 12.7. The Kier molecular flexibility index (Phi) is 5.95. The van der Waals surface area contributed by atoms with Crippen LogP contribution < -0.4 is 0 Å². The van der Waals surface area contributed by atoms with Crippen LogP contribution in [0.2, 0.25) is 0 Å². The van der Waals surface area contributed by atoms with Gasteiger partial charge in [-0.15, -0.1) is 0 Å². The Morgan fingerprint density at radius 2 is 1.68 bits per heavy atom. The van der Waals surface area contributed by atoms with Gasteiger partial charge in [-0.2, -0.15) is 0 Å². The van der Waals surface area contributed by atoms with Crippen molar-refractivity contribution in [1.82, 2.24) is 0 Å². The van der Waals surface area contributed by atoms with Crippen molar-refractivity contribution in [2.75, 3.05) is 0 Å². The minimum atomic E-state index is -1.20. The lowest BCUT2D eigenvalue weighted by molar-refractivity contribution is 0.242. The van der Waals surface area contributed by atoms with E-state index in [1.165, 1.54) is 0 Å². The van der Waals surface area contributed by atoms with Gasteiger partial charge in [-0.3, -0.25) is 0 Å². The molecular weight excluding hydrogens is 256 g/mol. The zero-order chi connectivity index (χ0) is 14.6. The van der Waals surface area contributed by atoms with Gasteiger partial charge in [0.05, 0.1) is 16.9 Å². The topological polar surface area (TPSA) is 37.3 Å². The van der Waals surface area contributed by atoms with Crippen molar-refractivity contribution in [3.8, 4) is 0 Å². The summed E-state index contributed by atoms with van der Waals surface area (Å²) in [6.45, 7) is 9.97. The molecule has 1 N–H and O–H groups in total. The molecule has 106 valence electrons. The molecule has 0 saturated carbocycles. The van der Waals surface area contributed by atoms with E-state index in [4.69, 9.17) is 0 Å². The first kappa shape index (κ1) is 16.1. The second-order valence-electron chi connectivity index (χ2n) is 5.42. The van der Waals surface area contributed by atoms with Gasteiger partial charge in [0, 0.05) is 9.80 Å². The van der Waals surface area contributed by atoms with Gasteiger partial charge in [0.2, 0.25) is 0 Å². The lowest BCUT2D eigenvalue weighted by Gasteiger charge is -2.20. The first-order valence-corrected chi connectivity index (χ1v) is 7.86. The predicted octanol–water partition coefficient (Wildman–Crippen LogP) is 3.66. The standard InChI is InChI=1S/C16H24O2S/c1-11(2)14(5)16(10-13(4)17)19(18)15-8-6-12(3)7-9-15/h6-11,13-14,17H,1-5H3/b16-10-/t13-,14-,19-/m0/s1. The molecule has 0 saturated heterocycles. The van der Waals surface area contributed by atoms with E-state index in [0.29, 0.717) is 5.92 Å². The maximum absolute atomic E-state index is 12.7. The third-order valence-electron chi connectivity index (χ3n) is 3.30. The van der Waals surface area contributed by atoms with Crippen molar-refractivity contribution >= 4 is 10.8 Å². The zero-order valence-electron chi connectivity index (χ0n) is 12.4. The van der Waals surface area contributed by atoms with Crippen LogP contribution in [0.15, 0.2) is 40.1 Å². The molecule has 1 aromatic rings. The van der Waals surface area contributed by atoms with Gasteiger partial charge in [0.15, 0.2) is 0 Å². The van der Waals surface area contributed by atoms with Gasteiger partial charge in [-0.1, -0.05) is 38.5 Å². The number of aliphatic hydroxyl groups excluding tert-OH is 1. The Morgan fingerprint density at radius 1 is 1.16 bits per heavy atom. The maximum Gasteiger partial charge on any atom is 0.0808 e. The monoisotopic (exact) mass is 280 g/mol. The highest BCUT2D eigenvalue weighted by Crippen LogP contribution is 2.27. The molecule has 0 radical (unpaired) electrons. The highest BCUT2D eigenvalue weighted by atomic mass is 32.2. The van der Waals surface area contributed by atoms with Crippen LogP contribution in [0.3, 0.4) is 0 Å². The molecule has 3 atom stereocenters. The van der Waals surface area contributed by atoms with E-state index in [1.54, 1.807) is 13.0 Å². The summed E-state index contributed by atoms with van der Waals surface area (Å²) in [4.78, 5) is 1.61. The first-order valence-electron chi connectivity index (χ1n) is 6.71. The molecule has 0 amide bonds. The SMILES string of the molecule is Cc1ccc([S@](=O)/C(=C\[C@H](C)O)[C@@H](C)C(C)C)cc1. The molecule has 0 fully saturated rings. The first-order chi connectivity index (χ1) is 8.82. The normalized spacial score (nSPS) is 17.3. The molecule has 0 spiro atoms. The van der Waals surface area contributed by atoms with Crippen LogP contribution >= 0.6 is 0 Å².